The lowest BCUT2D eigenvalue weighted by molar-refractivity contribution is -0.121. The fraction of sp³-hybridized carbons (Fsp3) is 0.261. The van der Waals surface area contributed by atoms with Gasteiger partial charge in [0.05, 0.1) is 4.90 Å². The third kappa shape index (κ3) is 5.22. The number of rotatable bonds is 8. The Morgan fingerprint density at radius 2 is 1.59 bits per heavy atom. The van der Waals surface area contributed by atoms with E-state index in [1.54, 1.807) is 24.3 Å². The summed E-state index contributed by atoms with van der Waals surface area (Å²) in [6.07, 6.45) is 2.90. The summed E-state index contributed by atoms with van der Waals surface area (Å²) >= 11 is 0. The molecule has 5 nitrogen and oxygen atoms in total. The molecule has 4 rings (SSSR count). The number of hydrogen-bond donors (Lipinski definition) is 2. The number of aryl methyl sites for hydroxylation is 1. The molecule has 1 aliphatic rings. The van der Waals surface area contributed by atoms with Crippen LogP contribution in [0, 0.1) is 0 Å². The number of amides is 1. The third-order valence-corrected chi connectivity index (χ3v) is 6.61. The maximum Gasteiger partial charge on any atom is 0.240 e. The van der Waals surface area contributed by atoms with Gasteiger partial charge in [-0.1, -0.05) is 54.6 Å². The number of nitrogens with one attached hydrogen (secondary N) is 2. The molecular formula is C23H24N2O3S. The summed E-state index contributed by atoms with van der Waals surface area (Å²) in [5.74, 6) is -0.0229. The zero-order valence-electron chi connectivity index (χ0n) is 16.1. The molecule has 0 unspecified atom stereocenters. The molecule has 0 atom stereocenters. The van der Waals surface area contributed by atoms with E-state index in [1.807, 2.05) is 12.1 Å². The Morgan fingerprint density at radius 3 is 2.31 bits per heavy atom. The Balaban J connectivity index is 1.27. The monoisotopic (exact) mass is 408 g/mol. The number of benzene rings is 3. The molecular weight excluding hydrogens is 384 g/mol. The molecule has 2 N–H and O–H groups in total. The molecule has 0 aromatic heterocycles. The topological polar surface area (TPSA) is 75.3 Å². The van der Waals surface area contributed by atoms with Gasteiger partial charge in [0.1, 0.15) is 0 Å². The van der Waals surface area contributed by atoms with Crippen LogP contribution in [0.5, 0.6) is 0 Å². The van der Waals surface area contributed by atoms with E-state index in [2.05, 4.69) is 40.4 Å². The summed E-state index contributed by atoms with van der Waals surface area (Å²) in [6.45, 7) is 0.382. The molecule has 3 aromatic carbocycles. The molecule has 1 fully saturated rings. The molecule has 3 aromatic rings. The van der Waals surface area contributed by atoms with Crippen LogP contribution in [0.1, 0.15) is 30.4 Å². The van der Waals surface area contributed by atoms with Gasteiger partial charge < -0.3 is 5.32 Å². The van der Waals surface area contributed by atoms with Crippen molar-refractivity contribution in [1.29, 1.82) is 0 Å². The maximum atomic E-state index is 12.2. The van der Waals surface area contributed by atoms with Gasteiger partial charge in [-0.2, -0.15) is 0 Å². The van der Waals surface area contributed by atoms with Crippen LogP contribution < -0.4 is 10.0 Å². The second-order valence-electron chi connectivity index (χ2n) is 7.50. The van der Waals surface area contributed by atoms with Gasteiger partial charge in [-0.15, -0.1) is 0 Å². The predicted octanol–water partition coefficient (Wildman–Crippen LogP) is 3.53. The fourth-order valence-corrected chi connectivity index (χ4v) is 4.52. The van der Waals surface area contributed by atoms with Crippen LogP contribution in [-0.2, 0) is 27.8 Å². The van der Waals surface area contributed by atoms with Crippen molar-refractivity contribution in [3.8, 4) is 0 Å². The summed E-state index contributed by atoms with van der Waals surface area (Å²) in [6, 6.07) is 21.2. The highest BCUT2D eigenvalue weighted by Crippen LogP contribution is 2.22. The van der Waals surface area contributed by atoms with Crippen molar-refractivity contribution in [3.63, 3.8) is 0 Å². The smallest absolute Gasteiger partial charge is 0.240 e. The van der Waals surface area contributed by atoms with Gasteiger partial charge in [-0.3, -0.25) is 4.79 Å². The number of hydrogen-bond acceptors (Lipinski definition) is 3. The van der Waals surface area contributed by atoms with E-state index in [0.717, 1.165) is 24.0 Å². The van der Waals surface area contributed by atoms with Gasteiger partial charge in [-0.25, -0.2) is 13.1 Å². The van der Waals surface area contributed by atoms with Gasteiger partial charge in [-0.05, 0) is 53.3 Å². The van der Waals surface area contributed by atoms with Gasteiger partial charge in [0.2, 0.25) is 15.9 Å². The van der Waals surface area contributed by atoms with Gasteiger partial charge in [0, 0.05) is 19.0 Å². The molecule has 29 heavy (non-hydrogen) atoms. The Bertz CT molecular complexity index is 1120. The average Bonchev–Trinajstić information content (AvgIpc) is 3.54. The largest absolute Gasteiger partial charge is 0.352 e. The first kappa shape index (κ1) is 19.6. The molecule has 150 valence electrons. The third-order valence-electron chi connectivity index (χ3n) is 5.08. The van der Waals surface area contributed by atoms with E-state index < -0.39 is 10.0 Å². The van der Waals surface area contributed by atoms with E-state index in [1.165, 1.54) is 10.8 Å². The Morgan fingerprint density at radius 1 is 0.897 bits per heavy atom. The Hall–Kier alpha value is -2.70. The molecule has 1 aliphatic carbocycles. The zero-order valence-corrected chi connectivity index (χ0v) is 16.9. The van der Waals surface area contributed by atoms with Gasteiger partial charge in [0.15, 0.2) is 0 Å². The van der Waals surface area contributed by atoms with Crippen molar-refractivity contribution in [3.05, 3.63) is 77.9 Å². The van der Waals surface area contributed by atoms with Crippen LogP contribution in [0.4, 0.5) is 0 Å². The highest BCUT2D eigenvalue weighted by atomic mass is 32.2. The second kappa shape index (κ2) is 8.35. The first-order valence-corrected chi connectivity index (χ1v) is 11.3. The van der Waals surface area contributed by atoms with Crippen LogP contribution in [0.25, 0.3) is 10.8 Å². The zero-order chi connectivity index (χ0) is 20.3. The predicted molar refractivity (Wildman–Crippen MR) is 114 cm³/mol. The molecule has 0 aliphatic heterocycles. The maximum absolute atomic E-state index is 12.2. The van der Waals surface area contributed by atoms with Gasteiger partial charge >= 0.3 is 0 Å². The van der Waals surface area contributed by atoms with Crippen molar-refractivity contribution < 1.29 is 13.2 Å². The summed E-state index contributed by atoms with van der Waals surface area (Å²) in [5.41, 5.74) is 2.01. The normalized spacial score (nSPS) is 14.1. The van der Waals surface area contributed by atoms with Crippen LogP contribution >= 0.6 is 0 Å². The summed E-state index contributed by atoms with van der Waals surface area (Å²) in [4.78, 5) is 12.5. The van der Waals surface area contributed by atoms with Crippen molar-refractivity contribution >= 4 is 26.7 Å². The highest BCUT2D eigenvalue weighted by molar-refractivity contribution is 7.89. The number of carbonyl (C=O) groups excluding carboxylic acids is 1. The molecule has 0 spiro atoms. The van der Waals surface area contributed by atoms with Crippen molar-refractivity contribution in [2.75, 3.05) is 0 Å². The number of fused-ring (bicyclic) bond motifs is 1. The van der Waals surface area contributed by atoms with Crippen LogP contribution in [0.15, 0.2) is 71.6 Å². The first-order valence-electron chi connectivity index (χ1n) is 9.85. The van der Waals surface area contributed by atoms with Crippen molar-refractivity contribution in [2.45, 2.75) is 43.2 Å². The van der Waals surface area contributed by atoms with E-state index >= 15 is 0 Å². The average molecular weight is 409 g/mol. The molecule has 0 heterocycles. The van der Waals surface area contributed by atoms with Crippen LogP contribution in [0.3, 0.4) is 0 Å². The first-order chi connectivity index (χ1) is 14.0. The molecule has 0 radical (unpaired) electrons. The fourth-order valence-electron chi connectivity index (χ4n) is 3.22. The van der Waals surface area contributed by atoms with E-state index in [0.29, 0.717) is 19.4 Å². The lowest BCUT2D eigenvalue weighted by atomic mass is 10.0. The van der Waals surface area contributed by atoms with Crippen molar-refractivity contribution in [2.24, 2.45) is 0 Å². The minimum absolute atomic E-state index is 0.0229. The van der Waals surface area contributed by atoms with E-state index in [-0.39, 0.29) is 16.8 Å². The number of sulfonamides is 1. The lowest BCUT2D eigenvalue weighted by Gasteiger charge is -2.08. The molecule has 0 saturated heterocycles. The highest BCUT2D eigenvalue weighted by Gasteiger charge is 2.27. The second-order valence-corrected chi connectivity index (χ2v) is 9.21. The lowest BCUT2D eigenvalue weighted by Crippen LogP contribution is -2.26. The van der Waals surface area contributed by atoms with E-state index in [9.17, 15) is 13.2 Å². The molecule has 1 saturated carbocycles. The minimum Gasteiger partial charge on any atom is -0.352 e. The van der Waals surface area contributed by atoms with Crippen molar-refractivity contribution in [1.82, 2.24) is 10.0 Å². The molecule has 1 amide bonds. The summed E-state index contributed by atoms with van der Waals surface area (Å²) in [5, 5.41) is 5.27. The molecule has 0 bridgehead atoms. The van der Waals surface area contributed by atoms with Crippen LogP contribution in [-0.4, -0.2) is 20.4 Å². The van der Waals surface area contributed by atoms with E-state index in [4.69, 9.17) is 0 Å². The SMILES string of the molecule is O=C(CCc1ccc2ccccc2c1)NCc1ccc(S(=O)(=O)NC2CC2)cc1. The Kier molecular flexibility index (Phi) is 5.65. The van der Waals surface area contributed by atoms with Gasteiger partial charge in [0.25, 0.3) is 0 Å². The molecule has 6 heteroatoms. The minimum atomic E-state index is -3.44. The standard InChI is InChI=1S/C23H24N2O3S/c26-23(14-8-17-5-9-19-3-1-2-4-20(19)15-17)24-16-18-6-12-22(13-7-18)29(27,28)25-21-10-11-21/h1-7,9,12-13,15,21,25H,8,10-11,14,16H2,(H,24,26). The number of carbonyl (C=O) groups is 1. The quantitative estimate of drug-likeness (QED) is 0.599. The summed E-state index contributed by atoms with van der Waals surface area (Å²) in [7, 11) is -3.44. The van der Waals surface area contributed by atoms with Crippen LogP contribution in [0.2, 0.25) is 0 Å². The Labute approximate surface area is 171 Å². The summed E-state index contributed by atoms with van der Waals surface area (Å²) < 4.78 is 27.0.